The molecule has 0 saturated carbocycles. The molecule has 0 aliphatic carbocycles. The minimum Gasteiger partial charge on any atom is -0.482 e. The minimum atomic E-state index is -0.465. The van der Waals surface area contributed by atoms with Crippen LogP contribution in [0.2, 0.25) is 0 Å². The summed E-state index contributed by atoms with van der Waals surface area (Å²) in [5.74, 6) is 0.449. The predicted octanol–water partition coefficient (Wildman–Crippen LogP) is 1.65. The average Bonchev–Trinajstić information content (AvgIpc) is 2.35. The van der Waals surface area contributed by atoms with Crippen molar-refractivity contribution in [2.45, 2.75) is 26.5 Å². The molecule has 1 heterocycles. The number of rotatable bonds is 3. The van der Waals surface area contributed by atoms with Gasteiger partial charge in [0.2, 0.25) is 0 Å². The standard InChI is InChI=1S/C13H16N2O4/c1-8(2)19-13(17)14-6-9-3-4-11-10(5-9)15-12(16)7-18-11/h3-5,8H,6-7H2,1-2H3,(H,14,17)(H,15,16). The third kappa shape index (κ3) is 3.61. The van der Waals surface area contributed by atoms with Crippen LogP contribution in [0.3, 0.4) is 0 Å². The molecule has 0 atom stereocenters. The molecule has 0 unspecified atom stereocenters. The Labute approximate surface area is 111 Å². The Kier molecular flexibility index (Phi) is 3.89. The highest BCUT2D eigenvalue weighted by Crippen LogP contribution is 2.28. The van der Waals surface area contributed by atoms with Crippen LogP contribution < -0.4 is 15.4 Å². The third-order valence-electron chi connectivity index (χ3n) is 2.46. The Hall–Kier alpha value is -2.24. The summed E-state index contributed by atoms with van der Waals surface area (Å²) in [5, 5.41) is 5.35. The van der Waals surface area contributed by atoms with E-state index < -0.39 is 6.09 Å². The Morgan fingerprint density at radius 1 is 1.53 bits per heavy atom. The Morgan fingerprint density at radius 3 is 3.05 bits per heavy atom. The fourth-order valence-electron chi connectivity index (χ4n) is 1.67. The average molecular weight is 264 g/mol. The van der Waals surface area contributed by atoms with Crippen molar-refractivity contribution in [2.24, 2.45) is 0 Å². The van der Waals surface area contributed by atoms with E-state index in [1.165, 1.54) is 0 Å². The van der Waals surface area contributed by atoms with Gasteiger partial charge in [-0.15, -0.1) is 0 Å². The maximum Gasteiger partial charge on any atom is 0.407 e. The minimum absolute atomic E-state index is 0.0330. The molecule has 102 valence electrons. The van der Waals surface area contributed by atoms with Gasteiger partial charge in [-0.3, -0.25) is 4.79 Å². The Morgan fingerprint density at radius 2 is 2.32 bits per heavy atom. The van der Waals surface area contributed by atoms with Crippen molar-refractivity contribution in [3.8, 4) is 5.75 Å². The number of hydrogen-bond acceptors (Lipinski definition) is 4. The van der Waals surface area contributed by atoms with Crippen LogP contribution in [-0.2, 0) is 16.1 Å². The van der Waals surface area contributed by atoms with Crippen molar-refractivity contribution >= 4 is 17.7 Å². The van der Waals surface area contributed by atoms with Gasteiger partial charge in [0.25, 0.3) is 5.91 Å². The first-order valence-electron chi connectivity index (χ1n) is 6.04. The molecule has 0 spiro atoms. The number of carbonyl (C=O) groups excluding carboxylic acids is 2. The topological polar surface area (TPSA) is 76.7 Å². The molecule has 1 aliphatic rings. The lowest BCUT2D eigenvalue weighted by Crippen LogP contribution is -2.27. The maximum atomic E-state index is 11.3. The number of carbonyl (C=O) groups is 2. The molecular weight excluding hydrogens is 248 g/mol. The molecule has 2 rings (SSSR count). The summed E-state index contributed by atoms with van der Waals surface area (Å²) in [7, 11) is 0. The molecular formula is C13H16N2O4. The summed E-state index contributed by atoms with van der Waals surface area (Å²) < 4.78 is 10.2. The van der Waals surface area contributed by atoms with Crippen molar-refractivity contribution < 1.29 is 19.1 Å². The lowest BCUT2D eigenvalue weighted by atomic mass is 10.1. The van der Waals surface area contributed by atoms with Crippen LogP contribution in [0.1, 0.15) is 19.4 Å². The predicted molar refractivity (Wildman–Crippen MR) is 69.0 cm³/mol. The molecule has 6 nitrogen and oxygen atoms in total. The van der Waals surface area contributed by atoms with Crippen LogP contribution in [0.25, 0.3) is 0 Å². The van der Waals surface area contributed by atoms with E-state index in [2.05, 4.69) is 10.6 Å². The first-order chi connectivity index (χ1) is 9.04. The number of amides is 2. The lowest BCUT2D eigenvalue weighted by Gasteiger charge is -2.18. The summed E-state index contributed by atoms with van der Waals surface area (Å²) >= 11 is 0. The number of hydrogen-bond donors (Lipinski definition) is 2. The van der Waals surface area contributed by atoms with Crippen LogP contribution in [0.4, 0.5) is 10.5 Å². The van der Waals surface area contributed by atoms with Crippen molar-refractivity contribution in [1.29, 1.82) is 0 Å². The smallest absolute Gasteiger partial charge is 0.407 e. The number of alkyl carbamates (subject to hydrolysis) is 1. The molecule has 0 bridgehead atoms. The molecule has 2 N–H and O–H groups in total. The van der Waals surface area contributed by atoms with Crippen LogP contribution in [0.15, 0.2) is 18.2 Å². The molecule has 1 aromatic rings. The molecule has 0 aromatic heterocycles. The second-order valence-corrected chi connectivity index (χ2v) is 4.47. The summed E-state index contributed by atoms with van der Waals surface area (Å²) in [6.45, 7) is 3.93. The lowest BCUT2D eigenvalue weighted by molar-refractivity contribution is -0.118. The van der Waals surface area contributed by atoms with E-state index in [1.54, 1.807) is 26.0 Å². The van der Waals surface area contributed by atoms with Gasteiger partial charge in [-0.25, -0.2) is 4.79 Å². The van der Waals surface area contributed by atoms with Crippen molar-refractivity contribution in [3.63, 3.8) is 0 Å². The van der Waals surface area contributed by atoms with E-state index in [0.29, 0.717) is 18.0 Å². The molecule has 6 heteroatoms. The number of fused-ring (bicyclic) bond motifs is 1. The van der Waals surface area contributed by atoms with Gasteiger partial charge in [-0.1, -0.05) is 6.07 Å². The highest BCUT2D eigenvalue weighted by atomic mass is 16.6. The first kappa shape index (κ1) is 13.2. The van der Waals surface area contributed by atoms with Crippen LogP contribution in [0.5, 0.6) is 5.75 Å². The van der Waals surface area contributed by atoms with E-state index in [-0.39, 0.29) is 18.6 Å². The quantitative estimate of drug-likeness (QED) is 0.870. The van der Waals surface area contributed by atoms with Crippen molar-refractivity contribution in [2.75, 3.05) is 11.9 Å². The van der Waals surface area contributed by atoms with Gasteiger partial charge in [0.05, 0.1) is 11.8 Å². The van der Waals surface area contributed by atoms with Crippen LogP contribution in [0, 0.1) is 0 Å². The second-order valence-electron chi connectivity index (χ2n) is 4.47. The monoisotopic (exact) mass is 264 g/mol. The van der Waals surface area contributed by atoms with Crippen LogP contribution >= 0.6 is 0 Å². The van der Waals surface area contributed by atoms with Crippen molar-refractivity contribution in [3.05, 3.63) is 23.8 Å². The van der Waals surface area contributed by atoms with E-state index in [4.69, 9.17) is 9.47 Å². The van der Waals surface area contributed by atoms with Gasteiger partial charge in [0, 0.05) is 6.54 Å². The van der Waals surface area contributed by atoms with Gasteiger partial charge in [-0.2, -0.15) is 0 Å². The Bertz CT molecular complexity index is 499. The highest BCUT2D eigenvalue weighted by molar-refractivity contribution is 5.95. The van der Waals surface area contributed by atoms with E-state index in [9.17, 15) is 9.59 Å². The fourth-order valence-corrected chi connectivity index (χ4v) is 1.67. The second kappa shape index (κ2) is 5.60. The molecule has 2 amide bonds. The van der Waals surface area contributed by atoms with Gasteiger partial charge in [-0.05, 0) is 31.5 Å². The molecule has 0 fully saturated rings. The molecule has 0 radical (unpaired) electrons. The van der Waals surface area contributed by atoms with Gasteiger partial charge in [0.1, 0.15) is 5.75 Å². The number of benzene rings is 1. The number of nitrogens with one attached hydrogen (secondary N) is 2. The zero-order valence-electron chi connectivity index (χ0n) is 10.9. The summed E-state index contributed by atoms with van der Waals surface area (Å²) in [6, 6.07) is 5.35. The Balaban J connectivity index is 1.96. The SMILES string of the molecule is CC(C)OC(=O)NCc1ccc2c(c1)NC(=O)CO2. The largest absolute Gasteiger partial charge is 0.482 e. The summed E-state index contributed by atoms with van der Waals surface area (Å²) in [4.78, 5) is 22.5. The number of ether oxygens (including phenoxy) is 2. The summed E-state index contributed by atoms with van der Waals surface area (Å²) in [5.41, 5.74) is 1.47. The van der Waals surface area contributed by atoms with Gasteiger partial charge in [0.15, 0.2) is 6.61 Å². The van der Waals surface area contributed by atoms with Gasteiger partial charge >= 0.3 is 6.09 Å². The summed E-state index contributed by atoms with van der Waals surface area (Å²) in [6.07, 6.45) is -0.621. The highest BCUT2D eigenvalue weighted by Gasteiger charge is 2.16. The van der Waals surface area contributed by atoms with E-state index in [0.717, 1.165) is 5.56 Å². The van der Waals surface area contributed by atoms with E-state index >= 15 is 0 Å². The molecule has 19 heavy (non-hydrogen) atoms. The molecule has 1 aromatic carbocycles. The van der Waals surface area contributed by atoms with Gasteiger partial charge < -0.3 is 20.1 Å². The molecule has 1 aliphatic heterocycles. The van der Waals surface area contributed by atoms with Crippen molar-refractivity contribution in [1.82, 2.24) is 5.32 Å². The fraction of sp³-hybridized carbons (Fsp3) is 0.385. The zero-order valence-corrected chi connectivity index (χ0v) is 10.9. The zero-order chi connectivity index (χ0) is 13.8. The molecule has 0 saturated heterocycles. The maximum absolute atomic E-state index is 11.3. The van der Waals surface area contributed by atoms with E-state index in [1.807, 2.05) is 6.07 Å². The normalized spacial score (nSPS) is 13.3. The van der Waals surface area contributed by atoms with Crippen LogP contribution in [-0.4, -0.2) is 24.7 Å². The first-order valence-corrected chi connectivity index (χ1v) is 6.04. The number of anilines is 1. The third-order valence-corrected chi connectivity index (χ3v) is 2.46.